The predicted molar refractivity (Wildman–Crippen MR) is 67.3 cm³/mol. The summed E-state index contributed by atoms with van der Waals surface area (Å²) in [6.45, 7) is 2.28. The van der Waals surface area contributed by atoms with E-state index in [4.69, 9.17) is 5.11 Å². The van der Waals surface area contributed by atoms with Crippen LogP contribution in [0, 0.1) is 5.92 Å². The van der Waals surface area contributed by atoms with Gasteiger partial charge in [0.1, 0.15) is 0 Å². The van der Waals surface area contributed by atoms with Crippen molar-refractivity contribution in [1.29, 1.82) is 0 Å². The first-order valence-corrected chi connectivity index (χ1v) is 7.03. The van der Waals surface area contributed by atoms with Crippen LogP contribution in [-0.2, 0) is 4.79 Å². The molecule has 1 aromatic rings. The lowest BCUT2D eigenvalue weighted by Gasteiger charge is -2.28. The molecule has 0 radical (unpaired) electrons. The molecule has 1 N–H and O–H groups in total. The van der Waals surface area contributed by atoms with Crippen molar-refractivity contribution in [3.63, 3.8) is 0 Å². The first-order chi connectivity index (χ1) is 8.16. The Kier molecular flexibility index (Phi) is 4.10. The van der Waals surface area contributed by atoms with Crippen LogP contribution in [-0.4, -0.2) is 26.4 Å². The lowest BCUT2D eigenvalue weighted by molar-refractivity contribution is -0.133. The molecule has 4 nitrogen and oxygen atoms in total. The summed E-state index contributed by atoms with van der Waals surface area (Å²) in [5.41, 5.74) is 0. The molecule has 1 aromatic heterocycles. The summed E-state index contributed by atoms with van der Waals surface area (Å²) >= 11 is 1.31. The number of hydrogen-bond donors (Lipinski definition) is 1. The molecule has 1 saturated carbocycles. The Bertz CT molecular complexity index is 392. The van der Waals surface area contributed by atoms with Gasteiger partial charge in [0.2, 0.25) is 0 Å². The highest BCUT2D eigenvalue weighted by atomic mass is 32.2. The third kappa shape index (κ3) is 3.25. The van der Waals surface area contributed by atoms with Gasteiger partial charge in [-0.25, -0.2) is 4.98 Å². The predicted octanol–water partition coefficient (Wildman–Crippen LogP) is 2.81. The van der Waals surface area contributed by atoms with Gasteiger partial charge in [0.25, 0.3) is 0 Å². The van der Waals surface area contributed by atoms with Gasteiger partial charge in [-0.15, -0.1) is 0 Å². The first kappa shape index (κ1) is 12.5. The molecule has 0 saturated heterocycles. The van der Waals surface area contributed by atoms with E-state index in [9.17, 15) is 4.79 Å². The summed E-state index contributed by atoms with van der Waals surface area (Å²) < 4.78 is 2.16. The number of nitrogens with zero attached hydrogens (tertiary/aromatic N) is 2. The van der Waals surface area contributed by atoms with Crippen molar-refractivity contribution in [2.45, 2.75) is 43.8 Å². The van der Waals surface area contributed by atoms with E-state index in [2.05, 4.69) is 16.5 Å². The highest BCUT2D eigenvalue weighted by Gasteiger charge is 2.22. The van der Waals surface area contributed by atoms with E-state index in [0.717, 1.165) is 11.1 Å². The average Bonchev–Trinajstić information content (AvgIpc) is 2.74. The van der Waals surface area contributed by atoms with Crippen molar-refractivity contribution < 1.29 is 9.90 Å². The second-order valence-corrected chi connectivity index (χ2v) is 5.67. The van der Waals surface area contributed by atoms with Gasteiger partial charge < -0.3 is 9.67 Å². The minimum Gasteiger partial charge on any atom is -0.481 e. The molecule has 0 aromatic carbocycles. The van der Waals surface area contributed by atoms with Gasteiger partial charge >= 0.3 is 5.97 Å². The van der Waals surface area contributed by atoms with E-state index in [1.54, 1.807) is 6.20 Å². The van der Waals surface area contributed by atoms with Crippen molar-refractivity contribution >= 4 is 17.7 Å². The van der Waals surface area contributed by atoms with Crippen LogP contribution in [0.1, 0.15) is 38.6 Å². The highest BCUT2D eigenvalue weighted by Crippen LogP contribution is 2.34. The van der Waals surface area contributed by atoms with Gasteiger partial charge in [-0.2, -0.15) is 0 Å². The zero-order chi connectivity index (χ0) is 12.3. The van der Waals surface area contributed by atoms with E-state index in [0.29, 0.717) is 6.04 Å². The van der Waals surface area contributed by atoms with Gasteiger partial charge in [0, 0.05) is 18.4 Å². The van der Waals surface area contributed by atoms with E-state index in [1.165, 1.54) is 37.4 Å². The average molecular weight is 254 g/mol. The first-order valence-electron chi connectivity index (χ1n) is 6.04. The minimum absolute atomic E-state index is 0.0826. The third-order valence-corrected chi connectivity index (χ3v) is 4.23. The lowest BCUT2D eigenvalue weighted by atomic mass is 9.87. The maximum atomic E-state index is 10.6. The van der Waals surface area contributed by atoms with Gasteiger partial charge in [0.05, 0.1) is 5.75 Å². The summed E-state index contributed by atoms with van der Waals surface area (Å²) in [6, 6.07) is 0.498. The van der Waals surface area contributed by atoms with Crippen LogP contribution in [0.4, 0.5) is 0 Å². The number of aromatic nitrogens is 2. The van der Waals surface area contributed by atoms with Crippen molar-refractivity contribution in [2.24, 2.45) is 5.92 Å². The number of thioether (sulfide) groups is 1. The zero-order valence-electron chi connectivity index (χ0n) is 10.0. The zero-order valence-corrected chi connectivity index (χ0v) is 10.8. The lowest BCUT2D eigenvalue weighted by Crippen LogP contribution is -2.18. The van der Waals surface area contributed by atoms with E-state index >= 15 is 0 Å². The SMILES string of the molecule is CC1CCCC(n2ccnc2SCC(=O)O)C1. The molecule has 0 bridgehead atoms. The van der Waals surface area contributed by atoms with Crippen LogP contribution in [0.3, 0.4) is 0 Å². The Balaban J connectivity index is 2.04. The van der Waals surface area contributed by atoms with Crippen LogP contribution < -0.4 is 0 Å². The summed E-state index contributed by atoms with van der Waals surface area (Å²) in [4.78, 5) is 14.8. The fourth-order valence-electron chi connectivity index (χ4n) is 2.47. The number of rotatable bonds is 4. The van der Waals surface area contributed by atoms with Crippen LogP contribution in [0.25, 0.3) is 0 Å². The van der Waals surface area contributed by atoms with E-state index < -0.39 is 5.97 Å². The number of imidazole rings is 1. The highest BCUT2D eigenvalue weighted by molar-refractivity contribution is 7.99. The number of aliphatic carboxylic acids is 1. The molecule has 2 atom stereocenters. The van der Waals surface area contributed by atoms with Gasteiger partial charge in [-0.3, -0.25) is 4.79 Å². The third-order valence-electron chi connectivity index (χ3n) is 3.26. The van der Waals surface area contributed by atoms with E-state index in [1.807, 2.05) is 6.20 Å². The molecular weight excluding hydrogens is 236 g/mol. The van der Waals surface area contributed by atoms with Crippen LogP contribution in [0.2, 0.25) is 0 Å². The molecule has 2 rings (SSSR count). The van der Waals surface area contributed by atoms with Crippen LogP contribution in [0.15, 0.2) is 17.6 Å². The molecule has 0 aliphatic heterocycles. The minimum atomic E-state index is -0.790. The Labute approximate surface area is 105 Å². The molecule has 94 valence electrons. The standard InChI is InChI=1S/C12H18N2O2S/c1-9-3-2-4-10(7-9)14-6-5-13-12(14)17-8-11(15)16/h5-6,9-10H,2-4,7-8H2,1H3,(H,15,16). The summed E-state index contributed by atoms with van der Waals surface area (Å²) in [5.74, 6) is 0.0503. The summed E-state index contributed by atoms with van der Waals surface area (Å²) in [7, 11) is 0. The molecule has 0 spiro atoms. The second kappa shape index (κ2) is 5.58. The fraction of sp³-hybridized carbons (Fsp3) is 0.667. The second-order valence-electron chi connectivity index (χ2n) is 4.73. The molecular formula is C12H18N2O2S. The van der Waals surface area contributed by atoms with Gasteiger partial charge in [-0.1, -0.05) is 31.5 Å². The normalized spacial score (nSPS) is 24.8. The Morgan fingerprint density at radius 2 is 2.47 bits per heavy atom. The maximum Gasteiger partial charge on any atom is 0.313 e. The molecule has 1 aliphatic carbocycles. The maximum absolute atomic E-state index is 10.6. The molecule has 17 heavy (non-hydrogen) atoms. The number of carboxylic acids is 1. The Morgan fingerprint density at radius 1 is 1.65 bits per heavy atom. The molecule has 1 heterocycles. The molecule has 0 amide bonds. The number of carbonyl (C=O) groups is 1. The summed E-state index contributed by atoms with van der Waals surface area (Å²) in [6.07, 6.45) is 8.67. The topological polar surface area (TPSA) is 55.1 Å². The van der Waals surface area contributed by atoms with Crippen molar-refractivity contribution in [3.8, 4) is 0 Å². The number of hydrogen-bond acceptors (Lipinski definition) is 3. The van der Waals surface area contributed by atoms with Crippen molar-refractivity contribution in [3.05, 3.63) is 12.4 Å². The van der Waals surface area contributed by atoms with Crippen LogP contribution >= 0.6 is 11.8 Å². The van der Waals surface area contributed by atoms with Gasteiger partial charge in [-0.05, 0) is 18.8 Å². The Morgan fingerprint density at radius 3 is 3.18 bits per heavy atom. The van der Waals surface area contributed by atoms with Crippen molar-refractivity contribution in [2.75, 3.05) is 5.75 Å². The van der Waals surface area contributed by atoms with Crippen molar-refractivity contribution in [1.82, 2.24) is 9.55 Å². The Hall–Kier alpha value is -0.970. The molecule has 5 heteroatoms. The van der Waals surface area contributed by atoms with Crippen LogP contribution in [0.5, 0.6) is 0 Å². The number of carboxylic acid groups (broad SMARTS) is 1. The summed E-state index contributed by atoms with van der Waals surface area (Å²) in [5, 5.41) is 9.54. The largest absolute Gasteiger partial charge is 0.481 e. The fourth-order valence-corrected chi connectivity index (χ4v) is 3.22. The smallest absolute Gasteiger partial charge is 0.313 e. The monoisotopic (exact) mass is 254 g/mol. The molecule has 1 aliphatic rings. The molecule has 1 fully saturated rings. The molecule has 2 unspecified atom stereocenters. The van der Waals surface area contributed by atoms with E-state index in [-0.39, 0.29) is 5.75 Å². The van der Waals surface area contributed by atoms with Gasteiger partial charge in [0.15, 0.2) is 5.16 Å². The quantitative estimate of drug-likeness (QED) is 0.839.